The van der Waals surface area contributed by atoms with Crippen LogP contribution in [0.5, 0.6) is 0 Å². The number of aliphatic hydroxyl groups is 2. The van der Waals surface area contributed by atoms with Crippen LogP contribution in [-0.4, -0.2) is 65.7 Å². The molecule has 10 nitrogen and oxygen atoms in total. The zero-order valence-electron chi connectivity index (χ0n) is 29.8. The monoisotopic (exact) mass is 692 g/mol. The van der Waals surface area contributed by atoms with Crippen LogP contribution < -0.4 is 0 Å². The maximum atomic E-state index is 12.5. The van der Waals surface area contributed by atoms with Crippen molar-refractivity contribution in [3.05, 3.63) is 12.2 Å². The van der Waals surface area contributed by atoms with Gasteiger partial charge in [-0.1, -0.05) is 129 Å². The molecule has 0 amide bonds. The van der Waals surface area contributed by atoms with Crippen LogP contribution in [0.25, 0.3) is 0 Å². The van der Waals surface area contributed by atoms with Gasteiger partial charge in [0, 0.05) is 12.8 Å². The molecule has 3 N–H and O–H groups in total. The van der Waals surface area contributed by atoms with E-state index in [0.29, 0.717) is 12.8 Å². The topological polar surface area (TPSA) is 149 Å². The molecule has 0 aromatic rings. The van der Waals surface area contributed by atoms with Crippen molar-refractivity contribution >= 4 is 19.8 Å². The van der Waals surface area contributed by atoms with E-state index in [2.05, 4.69) is 30.5 Å². The van der Waals surface area contributed by atoms with Crippen LogP contribution >= 0.6 is 7.82 Å². The molecule has 0 radical (unpaired) electrons. The van der Waals surface area contributed by atoms with Gasteiger partial charge in [0.25, 0.3) is 0 Å². The molecule has 0 saturated heterocycles. The molecule has 0 aromatic heterocycles. The van der Waals surface area contributed by atoms with Gasteiger partial charge in [-0.05, 0) is 38.5 Å². The number of ether oxygens (including phenoxy) is 2. The second kappa shape index (κ2) is 33.2. The zero-order valence-corrected chi connectivity index (χ0v) is 30.6. The number of phosphoric acid groups is 1. The molecule has 278 valence electrons. The van der Waals surface area contributed by atoms with Crippen LogP contribution in [0, 0.1) is 0 Å². The summed E-state index contributed by atoms with van der Waals surface area (Å²) in [6.07, 6.45) is 27.6. The van der Waals surface area contributed by atoms with E-state index >= 15 is 0 Å². The average Bonchev–Trinajstić information content (AvgIpc) is 3.05. The van der Waals surface area contributed by atoms with Crippen molar-refractivity contribution in [2.45, 2.75) is 180 Å². The first-order chi connectivity index (χ1) is 22.7. The molecular formula is C36H69O10P. The van der Waals surface area contributed by atoms with Gasteiger partial charge in [0.15, 0.2) is 6.10 Å². The minimum absolute atomic E-state index is 0.178. The summed E-state index contributed by atoms with van der Waals surface area (Å²) in [6, 6.07) is 0. The molecule has 0 rings (SSSR count). The Labute approximate surface area is 286 Å². The molecule has 47 heavy (non-hydrogen) atoms. The maximum Gasteiger partial charge on any atom is 0.472 e. The van der Waals surface area contributed by atoms with Crippen molar-refractivity contribution < 1.29 is 47.8 Å². The number of rotatable bonds is 35. The third-order valence-corrected chi connectivity index (χ3v) is 8.87. The Morgan fingerprint density at radius 3 is 1.53 bits per heavy atom. The summed E-state index contributed by atoms with van der Waals surface area (Å²) in [4.78, 5) is 34.7. The molecule has 0 bridgehead atoms. The number of hydrogen-bond donors (Lipinski definition) is 3. The van der Waals surface area contributed by atoms with Crippen LogP contribution in [-0.2, 0) is 32.7 Å². The van der Waals surface area contributed by atoms with Crippen molar-refractivity contribution in [2.24, 2.45) is 0 Å². The third-order valence-electron chi connectivity index (χ3n) is 7.92. The van der Waals surface area contributed by atoms with E-state index in [-0.39, 0.29) is 19.4 Å². The number of carbonyl (C=O) groups excluding carboxylic acids is 2. The number of allylic oxidation sites excluding steroid dienone is 2. The van der Waals surface area contributed by atoms with Gasteiger partial charge in [0.1, 0.15) is 12.7 Å². The predicted molar refractivity (Wildman–Crippen MR) is 187 cm³/mol. The molecule has 0 fully saturated rings. The molecule has 0 spiro atoms. The van der Waals surface area contributed by atoms with Crippen molar-refractivity contribution in [1.82, 2.24) is 0 Å². The van der Waals surface area contributed by atoms with Gasteiger partial charge in [-0.3, -0.25) is 18.6 Å². The van der Waals surface area contributed by atoms with Gasteiger partial charge in [0.05, 0.1) is 19.8 Å². The van der Waals surface area contributed by atoms with Crippen LogP contribution in [0.15, 0.2) is 12.2 Å². The zero-order chi connectivity index (χ0) is 34.9. The van der Waals surface area contributed by atoms with E-state index in [0.717, 1.165) is 57.8 Å². The molecule has 0 aromatic carbocycles. The molecule has 1 unspecified atom stereocenters. The lowest BCUT2D eigenvalue weighted by Gasteiger charge is -2.20. The summed E-state index contributed by atoms with van der Waals surface area (Å²) < 4.78 is 32.5. The predicted octanol–water partition coefficient (Wildman–Crippen LogP) is 8.89. The van der Waals surface area contributed by atoms with E-state index in [1.165, 1.54) is 70.6 Å². The lowest BCUT2D eigenvalue weighted by atomic mass is 10.1. The highest BCUT2D eigenvalue weighted by molar-refractivity contribution is 7.47. The van der Waals surface area contributed by atoms with E-state index in [1.54, 1.807) is 0 Å². The minimum atomic E-state index is -4.60. The SMILES string of the molecule is CCCCCCCC/C=C\CCCCCCCC(=O)O[C@H](COC(=O)CCCCCCCCCCC)COP(=O)(O)OC[C@@H](O)CO. The molecule has 0 saturated carbocycles. The number of hydrogen-bond acceptors (Lipinski definition) is 9. The second-order valence-corrected chi connectivity index (χ2v) is 14.1. The molecule has 3 atom stereocenters. The maximum absolute atomic E-state index is 12.5. The summed E-state index contributed by atoms with van der Waals surface area (Å²) in [5.74, 6) is -0.934. The number of esters is 2. The van der Waals surface area contributed by atoms with Gasteiger partial charge in [0.2, 0.25) is 0 Å². The highest BCUT2D eigenvalue weighted by Gasteiger charge is 2.27. The summed E-state index contributed by atoms with van der Waals surface area (Å²) >= 11 is 0. The Morgan fingerprint density at radius 2 is 1.04 bits per heavy atom. The number of aliphatic hydroxyl groups excluding tert-OH is 2. The molecule has 0 aliphatic carbocycles. The standard InChI is InChI=1S/C36H69O10P/c1-3-5-7-9-11-13-14-15-16-17-18-20-22-24-26-28-36(40)46-34(32-45-47(41,42)44-30-33(38)29-37)31-43-35(39)27-25-23-21-19-12-10-8-6-4-2/h15-16,33-34,37-38H,3-14,17-32H2,1-2H3,(H,41,42)/b16-15-/t33-,34+/m0/s1. The van der Waals surface area contributed by atoms with Gasteiger partial charge in [-0.15, -0.1) is 0 Å². The highest BCUT2D eigenvalue weighted by atomic mass is 31.2. The Hall–Kier alpha value is -1.29. The average molecular weight is 693 g/mol. The van der Waals surface area contributed by atoms with Gasteiger partial charge in [-0.25, -0.2) is 4.57 Å². The van der Waals surface area contributed by atoms with Crippen molar-refractivity contribution in [2.75, 3.05) is 26.4 Å². The third kappa shape index (κ3) is 33.0. The van der Waals surface area contributed by atoms with Crippen molar-refractivity contribution in [3.63, 3.8) is 0 Å². The number of unbranched alkanes of at least 4 members (excludes halogenated alkanes) is 19. The summed E-state index contributed by atoms with van der Waals surface area (Å²) in [5.41, 5.74) is 0. The first-order valence-corrected chi connectivity index (χ1v) is 20.1. The largest absolute Gasteiger partial charge is 0.472 e. The number of carbonyl (C=O) groups is 2. The van der Waals surface area contributed by atoms with E-state index in [1.807, 2.05) is 0 Å². The van der Waals surface area contributed by atoms with E-state index < -0.39 is 51.8 Å². The summed E-state index contributed by atoms with van der Waals surface area (Å²) in [5, 5.41) is 18.2. The van der Waals surface area contributed by atoms with E-state index in [4.69, 9.17) is 19.1 Å². The molecular weight excluding hydrogens is 623 g/mol. The Bertz CT molecular complexity index is 807. The van der Waals surface area contributed by atoms with Gasteiger partial charge < -0.3 is 24.6 Å². The fraction of sp³-hybridized carbons (Fsp3) is 0.889. The summed E-state index contributed by atoms with van der Waals surface area (Å²) in [7, 11) is -4.60. The van der Waals surface area contributed by atoms with Crippen LogP contribution in [0.4, 0.5) is 0 Å². The van der Waals surface area contributed by atoms with Crippen LogP contribution in [0.3, 0.4) is 0 Å². The molecule has 11 heteroatoms. The smallest absolute Gasteiger partial charge is 0.462 e. The van der Waals surface area contributed by atoms with Crippen LogP contribution in [0.1, 0.15) is 168 Å². The van der Waals surface area contributed by atoms with Crippen LogP contribution in [0.2, 0.25) is 0 Å². The fourth-order valence-electron chi connectivity index (χ4n) is 4.99. The van der Waals surface area contributed by atoms with Gasteiger partial charge >= 0.3 is 19.8 Å². The normalized spacial score (nSPS) is 14.2. The lowest BCUT2D eigenvalue weighted by molar-refractivity contribution is -0.161. The van der Waals surface area contributed by atoms with Gasteiger partial charge in [-0.2, -0.15) is 0 Å². The Balaban J connectivity index is 4.37. The van der Waals surface area contributed by atoms with Crippen molar-refractivity contribution in [3.8, 4) is 0 Å². The minimum Gasteiger partial charge on any atom is -0.462 e. The quantitative estimate of drug-likeness (QED) is 0.0254. The van der Waals surface area contributed by atoms with Crippen molar-refractivity contribution in [1.29, 1.82) is 0 Å². The highest BCUT2D eigenvalue weighted by Crippen LogP contribution is 2.43. The number of phosphoric ester groups is 1. The first kappa shape index (κ1) is 45.7. The first-order valence-electron chi connectivity index (χ1n) is 18.6. The molecule has 0 heterocycles. The Kier molecular flexibility index (Phi) is 32.3. The lowest BCUT2D eigenvalue weighted by Crippen LogP contribution is -2.29. The molecule has 0 aliphatic rings. The van der Waals surface area contributed by atoms with E-state index in [9.17, 15) is 24.2 Å². The summed E-state index contributed by atoms with van der Waals surface area (Å²) in [6.45, 7) is 2.33. The molecule has 0 aliphatic heterocycles. The Morgan fingerprint density at radius 1 is 0.617 bits per heavy atom. The fourth-order valence-corrected chi connectivity index (χ4v) is 5.78. The second-order valence-electron chi connectivity index (χ2n) is 12.6.